The first kappa shape index (κ1) is 16.2. The third-order valence-electron chi connectivity index (χ3n) is 2.22. The fourth-order valence-electron chi connectivity index (χ4n) is 1.32. The number of aromatic nitrogens is 1. The topological polar surface area (TPSA) is 71.5 Å². The largest absolute Gasteiger partial charge is 0.482 e. The van der Waals surface area contributed by atoms with Crippen molar-refractivity contribution in [2.75, 3.05) is 13.2 Å². The maximum absolute atomic E-state index is 12.1. The van der Waals surface area contributed by atoms with Crippen LogP contribution in [-0.2, 0) is 0 Å². The summed E-state index contributed by atoms with van der Waals surface area (Å²) in [5, 5.41) is 11.5. The number of alkyl halides is 3. The molecule has 1 aromatic heterocycles. The Hall–Kier alpha value is -1.83. The zero-order valence-electron chi connectivity index (χ0n) is 10.8. The fraction of sp³-hybridized carbons (Fsp3) is 0.500. The molecule has 0 saturated carbocycles. The summed E-state index contributed by atoms with van der Waals surface area (Å²) in [4.78, 5) is 15.5. The molecule has 1 atom stereocenters. The summed E-state index contributed by atoms with van der Waals surface area (Å²) in [6.07, 6.45) is -3.46. The minimum absolute atomic E-state index is 0.186. The highest BCUT2D eigenvalue weighted by Crippen LogP contribution is 2.20. The SMILES string of the molecule is CC(O)CCNC(=O)c1ncccc1OCC(F)(F)F. The Balaban J connectivity index is 2.67. The van der Waals surface area contributed by atoms with Gasteiger partial charge in [-0.05, 0) is 25.5 Å². The molecule has 20 heavy (non-hydrogen) atoms. The van der Waals surface area contributed by atoms with Crippen LogP contribution in [0.3, 0.4) is 0 Å². The summed E-state index contributed by atoms with van der Waals surface area (Å²) in [6, 6.07) is 2.61. The Morgan fingerprint density at radius 2 is 2.25 bits per heavy atom. The summed E-state index contributed by atoms with van der Waals surface area (Å²) in [6.45, 7) is 0.253. The van der Waals surface area contributed by atoms with Gasteiger partial charge < -0.3 is 15.2 Å². The molecule has 1 unspecified atom stereocenters. The number of ether oxygens (including phenoxy) is 1. The van der Waals surface area contributed by atoms with Crippen molar-refractivity contribution in [3.63, 3.8) is 0 Å². The van der Waals surface area contributed by atoms with Crippen LogP contribution in [0.2, 0.25) is 0 Å². The van der Waals surface area contributed by atoms with Crippen molar-refractivity contribution >= 4 is 5.91 Å². The zero-order valence-corrected chi connectivity index (χ0v) is 10.8. The van der Waals surface area contributed by atoms with Gasteiger partial charge in [-0.1, -0.05) is 0 Å². The highest BCUT2D eigenvalue weighted by Gasteiger charge is 2.29. The number of rotatable bonds is 6. The van der Waals surface area contributed by atoms with Crippen LogP contribution >= 0.6 is 0 Å². The minimum Gasteiger partial charge on any atom is -0.482 e. The number of nitrogens with one attached hydrogen (secondary N) is 1. The third-order valence-corrected chi connectivity index (χ3v) is 2.22. The molecule has 1 heterocycles. The van der Waals surface area contributed by atoms with E-state index in [9.17, 15) is 18.0 Å². The van der Waals surface area contributed by atoms with Crippen molar-refractivity contribution in [1.82, 2.24) is 10.3 Å². The lowest BCUT2D eigenvalue weighted by Gasteiger charge is -2.12. The number of pyridine rings is 1. The maximum Gasteiger partial charge on any atom is 0.422 e. The molecule has 0 saturated heterocycles. The monoisotopic (exact) mass is 292 g/mol. The molecule has 0 aliphatic heterocycles. The Bertz CT molecular complexity index is 450. The summed E-state index contributed by atoms with van der Waals surface area (Å²) < 4.78 is 40.8. The molecular formula is C12H15F3N2O3. The van der Waals surface area contributed by atoms with Gasteiger partial charge in [0.2, 0.25) is 0 Å². The van der Waals surface area contributed by atoms with E-state index >= 15 is 0 Å². The molecule has 2 N–H and O–H groups in total. The molecule has 0 spiro atoms. The number of aliphatic hydroxyl groups is 1. The predicted octanol–water partition coefficient (Wildman–Crippen LogP) is 1.52. The Kier molecular flexibility index (Phi) is 5.75. The fourth-order valence-corrected chi connectivity index (χ4v) is 1.32. The van der Waals surface area contributed by atoms with Crippen molar-refractivity contribution in [3.05, 3.63) is 24.0 Å². The molecule has 5 nitrogen and oxygen atoms in total. The second-order valence-corrected chi connectivity index (χ2v) is 4.15. The van der Waals surface area contributed by atoms with Crippen LogP contribution < -0.4 is 10.1 Å². The van der Waals surface area contributed by atoms with Gasteiger partial charge in [-0.3, -0.25) is 4.79 Å². The van der Waals surface area contributed by atoms with E-state index in [0.29, 0.717) is 6.42 Å². The predicted molar refractivity (Wildman–Crippen MR) is 64.4 cm³/mol. The van der Waals surface area contributed by atoms with E-state index in [1.54, 1.807) is 6.92 Å². The normalized spacial score (nSPS) is 12.8. The van der Waals surface area contributed by atoms with E-state index in [4.69, 9.17) is 5.11 Å². The summed E-state index contributed by atoms with van der Waals surface area (Å²) in [5.74, 6) is -0.886. The first-order chi connectivity index (χ1) is 9.29. The van der Waals surface area contributed by atoms with Crippen LogP contribution in [0.1, 0.15) is 23.8 Å². The maximum atomic E-state index is 12.1. The number of amides is 1. The van der Waals surface area contributed by atoms with Gasteiger partial charge in [-0.2, -0.15) is 13.2 Å². The lowest BCUT2D eigenvalue weighted by molar-refractivity contribution is -0.153. The Morgan fingerprint density at radius 1 is 1.55 bits per heavy atom. The van der Waals surface area contributed by atoms with Crippen molar-refractivity contribution in [2.24, 2.45) is 0 Å². The summed E-state index contributed by atoms with van der Waals surface area (Å²) in [7, 11) is 0. The zero-order chi connectivity index (χ0) is 15.2. The molecule has 0 radical (unpaired) electrons. The molecule has 0 aromatic carbocycles. The van der Waals surface area contributed by atoms with E-state index in [2.05, 4.69) is 15.0 Å². The quantitative estimate of drug-likeness (QED) is 0.834. The minimum atomic E-state index is -4.49. The lowest BCUT2D eigenvalue weighted by Crippen LogP contribution is -2.28. The number of carbonyl (C=O) groups is 1. The molecule has 1 rings (SSSR count). The molecule has 1 amide bonds. The molecule has 0 aliphatic rings. The first-order valence-electron chi connectivity index (χ1n) is 5.90. The van der Waals surface area contributed by atoms with Crippen LogP contribution in [-0.4, -0.2) is 41.4 Å². The first-order valence-corrected chi connectivity index (χ1v) is 5.90. The van der Waals surface area contributed by atoms with E-state index in [-0.39, 0.29) is 18.0 Å². The van der Waals surface area contributed by atoms with Crippen LogP contribution in [0.15, 0.2) is 18.3 Å². The van der Waals surface area contributed by atoms with Crippen LogP contribution in [0.5, 0.6) is 5.75 Å². The standard InChI is InChI=1S/C12H15F3N2O3/c1-8(18)4-6-17-11(19)10-9(3-2-5-16-10)20-7-12(13,14)15/h2-3,5,8,18H,4,6-7H2,1H3,(H,17,19). The summed E-state index contributed by atoms with van der Waals surface area (Å²) >= 11 is 0. The van der Waals surface area contributed by atoms with Gasteiger partial charge in [-0.15, -0.1) is 0 Å². The number of aliphatic hydroxyl groups excluding tert-OH is 1. The average molecular weight is 292 g/mol. The second kappa shape index (κ2) is 7.09. The number of carbonyl (C=O) groups excluding carboxylic acids is 1. The average Bonchev–Trinajstić information content (AvgIpc) is 2.35. The second-order valence-electron chi connectivity index (χ2n) is 4.15. The number of nitrogens with zero attached hydrogens (tertiary/aromatic N) is 1. The van der Waals surface area contributed by atoms with Crippen molar-refractivity contribution in [3.8, 4) is 5.75 Å². The molecule has 112 valence electrons. The molecule has 8 heteroatoms. The van der Waals surface area contributed by atoms with Crippen molar-refractivity contribution in [1.29, 1.82) is 0 Å². The molecular weight excluding hydrogens is 277 g/mol. The van der Waals surface area contributed by atoms with Gasteiger partial charge in [-0.25, -0.2) is 4.98 Å². The Morgan fingerprint density at radius 3 is 2.85 bits per heavy atom. The van der Waals surface area contributed by atoms with E-state index in [0.717, 1.165) is 0 Å². The van der Waals surface area contributed by atoms with E-state index in [1.807, 2.05) is 0 Å². The van der Waals surface area contributed by atoms with Crippen molar-refractivity contribution in [2.45, 2.75) is 25.6 Å². The van der Waals surface area contributed by atoms with Gasteiger partial charge in [0.25, 0.3) is 5.91 Å². The van der Waals surface area contributed by atoms with Gasteiger partial charge in [0.05, 0.1) is 6.10 Å². The van der Waals surface area contributed by atoms with Gasteiger partial charge >= 0.3 is 6.18 Å². The van der Waals surface area contributed by atoms with E-state index in [1.165, 1.54) is 18.3 Å². The van der Waals surface area contributed by atoms with Crippen LogP contribution in [0.25, 0.3) is 0 Å². The molecule has 0 aliphatic carbocycles. The van der Waals surface area contributed by atoms with Crippen LogP contribution in [0.4, 0.5) is 13.2 Å². The number of hydrogen-bond acceptors (Lipinski definition) is 4. The van der Waals surface area contributed by atoms with Gasteiger partial charge in [0, 0.05) is 12.7 Å². The highest BCUT2D eigenvalue weighted by atomic mass is 19.4. The summed E-state index contributed by atoms with van der Waals surface area (Å²) in [5.41, 5.74) is -0.220. The molecule has 0 fully saturated rings. The highest BCUT2D eigenvalue weighted by molar-refractivity contribution is 5.94. The number of halogens is 3. The Labute approximate surface area is 113 Å². The smallest absolute Gasteiger partial charge is 0.422 e. The number of hydrogen-bond donors (Lipinski definition) is 2. The molecule has 0 bridgehead atoms. The van der Waals surface area contributed by atoms with E-state index < -0.39 is 24.8 Å². The van der Waals surface area contributed by atoms with Crippen LogP contribution in [0, 0.1) is 0 Å². The van der Waals surface area contributed by atoms with Gasteiger partial charge in [0.1, 0.15) is 0 Å². The third kappa shape index (κ3) is 5.87. The van der Waals surface area contributed by atoms with Gasteiger partial charge in [0.15, 0.2) is 18.1 Å². The molecule has 1 aromatic rings. The lowest BCUT2D eigenvalue weighted by atomic mass is 10.2. The van der Waals surface area contributed by atoms with Crippen molar-refractivity contribution < 1.29 is 27.8 Å².